The van der Waals surface area contributed by atoms with Crippen LogP contribution in [0.5, 0.6) is 0 Å². The Hall–Kier alpha value is 1.96. The van der Waals surface area contributed by atoms with Crippen molar-refractivity contribution in [1.82, 2.24) is 0 Å². The molecule has 6 rings (SSSR count). The van der Waals surface area contributed by atoms with Crippen molar-refractivity contribution in [3.05, 3.63) is 0 Å². The second kappa shape index (κ2) is 11.0. The molecule has 6 heterocycles. The fourth-order valence-electron chi connectivity index (χ4n) is 3.53. The van der Waals surface area contributed by atoms with E-state index in [0.717, 1.165) is 0 Å². The molecule has 6 aliphatic rings. The highest BCUT2D eigenvalue weighted by Crippen LogP contribution is 2.42. The predicted octanol–water partition coefficient (Wildman–Crippen LogP) is -3.14. The summed E-state index contributed by atoms with van der Waals surface area (Å²) in [6.45, 7) is 15.6. The molecule has 0 aromatic rings. The highest BCUT2D eigenvalue weighted by molar-refractivity contribution is 6.95. The van der Waals surface area contributed by atoms with Crippen LogP contribution >= 0.6 is 0 Å². The maximum atomic E-state index is 6.60. The Morgan fingerprint density at radius 1 is 0.389 bits per heavy atom. The smallest absolute Gasteiger partial charge is 0.398 e. The van der Waals surface area contributed by atoms with E-state index in [1.54, 1.807) is 0 Å². The predicted molar refractivity (Wildman–Crippen MR) is 144 cm³/mol. The van der Waals surface area contributed by atoms with E-state index in [1.807, 2.05) is 52.4 Å². The third-order valence-corrected chi connectivity index (χ3v) is 39.3. The molecule has 6 saturated heterocycles. The summed E-state index contributed by atoms with van der Waals surface area (Å²) in [7, 11) is -36.5. The van der Waals surface area contributed by atoms with Gasteiger partial charge in [-0.15, -0.1) is 0 Å². The Balaban J connectivity index is 1.72. The zero-order chi connectivity index (χ0) is 25.9. The van der Waals surface area contributed by atoms with Gasteiger partial charge in [0.15, 0.2) is 36.2 Å². The van der Waals surface area contributed by atoms with Gasteiger partial charge in [-0.2, -0.15) is 0 Å². The van der Waals surface area contributed by atoms with Crippen LogP contribution in [0.4, 0.5) is 0 Å². The molecule has 0 radical (unpaired) electrons. The van der Waals surface area contributed by atoms with Crippen molar-refractivity contribution >= 4 is 110 Å². The molecule has 0 amide bonds. The fraction of sp³-hybridized carbons (Fsp3) is 1.00. The standard InChI is InChI=1S/C8H32O16Si12/c1-25(2)13-33-17-29-9-30-11-32-12-31(10-29)19-35(22-33,15-27(5)6)24-36(20-32,16-28(7)8)23-34(18-30,21-33)14-26(3)4/h25-32H,1-8H3. The summed E-state index contributed by atoms with van der Waals surface area (Å²) in [6.07, 6.45) is 0. The van der Waals surface area contributed by atoms with Gasteiger partial charge in [-0.25, -0.2) is 0 Å². The molecule has 36 heavy (non-hydrogen) atoms. The average molecular weight is 721 g/mol. The molecule has 6 aliphatic heterocycles. The lowest BCUT2D eigenvalue weighted by Gasteiger charge is -2.54. The largest absolute Gasteiger partial charge is 0.649 e. The third kappa shape index (κ3) is 6.54. The van der Waals surface area contributed by atoms with E-state index in [4.69, 9.17) is 65.8 Å². The molecular weight excluding hydrogens is 689 g/mol. The summed E-state index contributed by atoms with van der Waals surface area (Å²) in [6, 6.07) is 0. The molecule has 0 saturated carbocycles. The monoisotopic (exact) mass is 720 g/mol. The molecule has 0 atom stereocenters. The zero-order valence-electron chi connectivity index (χ0n) is 21.2. The van der Waals surface area contributed by atoms with E-state index in [2.05, 4.69) is 0 Å². The summed E-state index contributed by atoms with van der Waals surface area (Å²) >= 11 is 0. The Kier molecular flexibility index (Phi) is 8.99. The van der Waals surface area contributed by atoms with Gasteiger partial charge in [0.25, 0.3) is 0 Å². The zero-order valence-corrected chi connectivity index (χ0v) is 34.4. The number of hydrogen-bond acceptors (Lipinski definition) is 16. The molecule has 0 N–H and O–H groups in total. The van der Waals surface area contributed by atoms with E-state index in [1.165, 1.54) is 0 Å². The van der Waals surface area contributed by atoms with Crippen LogP contribution in [0.3, 0.4) is 0 Å². The van der Waals surface area contributed by atoms with E-state index in [9.17, 15) is 0 Å². The minimum atomic E-state index is -4.21. The third-order valence-electron chi connectivity index (χ3n) is 4.37. The lowest BCUT2D eigenvalue weighted by Crippen LogP contribution is -2.84. The second-order valence-electron chi connectivity index (χ2n) is 9.25. The molecule has 0 spiro atoms. The van der Waals surface area contributed by atoms with Crippen LogP contribution in [-0.2, 0) is 65.8 Å². The van der Waals surface area contributed by atoms with Crippen LogP contribution in [0.15, 0.2) is 0 Å². The maximum absolute atomic E-state index is 6.60. The second-order valence-corrected chi connectivity index (χ2v) is 39.1. The molecule has 0 unspecified atom stereocenters. The van der Waals surface area contributed by atoms with Crippen LogP contribution < -0.4 is 0 Å². The molecule has 0 aromatic heterocycles. The van der Waals surface area contributed by atoms with E-state index >= 15 is 0 Å². The van der Waals surface area contributed by atoms with Crippen LogP contribution in [0.1, 0.15) is 0 Å². The topological polar surface area (TPSA) is 148 Å². The molecular formula is C8H32O16Si12. The summed E-state index contributed by atoms with van der Waals surface area (Å²) in [4.78, 5) is 0. The summed E-state index contributed by atoms with van der Waals surface area (Å²) in [5, 5.41) is 0. The fourth-order valence-corrected chi connectivity index (χ4v) is 48.5. The van der Waals surface area contributed by atoms with Crippen molar-refractivity contribution in [2.45, 2.75) is 52.4 Å². The van der Waals surface area contributed by atoms with E-state index in [-0.39, 0.29) is 0 Å². The maximum Gasteiger partial charge on any atom is 0.649 e. The van der Waals surface area contributed by atoms with Gasteiger partial charge in [-0.05, 0) is 52.4 Å². The normalized spacial score (nSPS) is 46.3. The van der Waals surface area contributed by atoms with E-state index in [0.29, 0.717) is 0 Å². The first-order valence-electron chi connectivity index (χ1n) is 11.7. The van der Waals surface area contributed by atoms with Crippen molar-refractivity contribution in [2.24, 2.45) is 0 Å². The Bertz CT molecular complexity index is 663. The molecule has 8 bridgehead atoms. The molecule has 28 heteroatoms. The molecule has 208 valence electrons. The van der Waals surface area contributed by atoms with Crippen LogP contribution in [0, 0.1) is 0 Å². The van der Waals surface area contributed by atoms with E-state index < -0.39 is 110 Å². The van der Waals surface area contributed by atoms with Gasteiger partial charge < -0.3 is 65.8 Å². The van der Waals surface area contributed by atoms with Gasteiger partial charge in [-0.1, -0.05) is 0 Å². The SMILES string of the molecule is C[SiH](C)O[Si]12O[SiH]3O[SiH]4O[SiH]5O[SiH](O3)O[Si](O[SiH](C)C)(O1)O[Si](O[SiH](C)C)(O5)O[Si](O[SiH](C)C)(O4)O2. The van der Waals surface area contributed by atoms with Crippen molar-refractivity contribution in [1.29, 1.82) is 0 Å². The molecule has 0 aromatic carbocycles. The molecule has 6 fully saturated rings. The molecule has 16 nitrogen and oxygen atoms in total. The lowest BCUT2D eigenvalue weighted by molar-refractivity contribution is -0.0692. The first-order valence-corrected chi connectivity index (χ1v) is 35.0. The van der Waals surface area contributed by atoms with Crippen molar-refractivity contribution in [2.75, 3.05) is 0 Å². The first-order chi connectivity index (χ1) is 16.8. The van der Waals surface area contributed by atoms with Gasteiger partial charge in [0.2, 0.25) is 0 Å². The summed E-state index contributed by atoms with van der Waals surface area (Å²) in [5.74, 6) is 0. The van der Waals surface area contributed by atoms with Gasteiger partial charge in [0.1, 0.15) is 0 Å². The van der Waals surface area contributed by atoms with Crippen molar-refractivity contribution in [3.8, 4) is 0 Å². The van der Waals surface area contributed by atoms with Gasteiger partial charge in [0.05, 0.1) is 0 Å². The van der Waals surface area contributed by atoms with Crippen molar-refractivity contribution < 1.29 is 65.8 Å². The number of rotatable bonds is 8. The lowest BCUT2D eigenvalue weighted by atomic mass is 11.9. The summed E-state index contributed by atoms with van der Waals surface area (Å²) in [5.41, 5.74) is 0. The highest BCUT2D eigenvalue weighted by Gasteiger charge is 2.80. The minimum absolute atomic E-state index is 1.88. The minimum Gasteiger partial charge on any atom is -0.398 e. The van der Waals surface area contributed by atoms with Crippen LogP contribution in [0.25, 0.3) is 0 Å². The van der Waals surface area contributed by atoms with Gasteiger partial charge in [0, 0.05) is 0 Å². The van der Waals surface area contributed by atoms with Gasteiger partial charge in [-0.3, -0.25) is 0 Å². The Morgan fingerprint density at radius 2 is 0.583 bits per heavy atom. The Labute approximate surface area is 227 Å². The van der Waals surface area contributed by atoms with Gasteiger partial charge >= 0.3 is 74.3 Å². The summed E-state index contributed by atoms with van der Waals surface area (Å²) < 4.78 is 102. The van der Waals surface area contributed by atoms with Crippen molar-refractivity contribution in [3.63, 3.8) is 0 Å². The molecule has 0 aliphatic carbocycles. The van der Waals surface area contributed by atoms with Crippen LogP contribution in [0.2, 0.25) is 52.4 Å². The Morgan fingerprint density at radius 3 is 0.750 bits per heavy atom. The van der Waals surface area contributed by atoms with Crippen LogP contribution in [-0.4, -0.2) is 110 Å². The first kappa shape index (κ1) is 29.5. The quantitative estimate of drug-likeness (QED) is 0.233. The highest BCUT2D eigenvalue weighted by atomic mass is 28.6. The number of hydrogen-bond donors (Lipinski definition) is 0. The average Bonchev–Trinajstić information content (AvgIpc) is 2.57.